The molecule has 2 aliphatic heterocycles. The summed E-state index contributed by atoms with van der Waals surface area (Å²) in [5.41, 5.74) is 2.53. The van der Waals surface area contributed by atoms with Crippen LogP contribution in [-0.4, -0.2) is 61.0 Å². The summed E-state index contributed by atoms with van der Waals surface area (Å²) in [5.74, 6) is 0.687. The Morgan fingerprint density at radius 1 is 1.26 bits per heavy atom. The lowest BCUT2D eigenvalue weighted by atomic mass is 9.94. The molecule has 2 heterocycles. The summed E-state index contributed by atoms with van der Waals surface area (Å²) in [6, 6.07) is 8.46. The van der Waals surface area contributed by atoms with Crippen molar-refractivity contribution in [1.82, 2.24) is 20.4 Å². The molecule has 0 aromatic heterocycles. The predicted molar refractivity (Wildman–Crippen MR) is 106 cm³/mol. The fourth-order valence-electron chi connectivity index (χ4n) is 4.01. The Labute approximate surface area is 162 Å². The maximum absolute atomic E-state index is 12.7. The second-order valence-electron chi connectivity index (χ2n) is 7.90. The van der Waals surface area contributed by atoms with E-state index in [0.717, 1.165) is 25.4 Å². The van der Waals surface area contributed by atoms with E-state index in [2.05, 4.69) is 53.6 Å². The number of hydrogen-bond donors (Lipinski definition) is 2. The summed E-state index contributed by atoms with van der Waals surface area (Å²) in [5, 5.41) is 5.91. The molecule has 0 unspecified atom stereocenters. The summed E-state index contributed by atoms with van der Waals surface area (Å²) in [6.07, 6.45) is 3.19. The summed E-state index contributed by atoms with van der Waals surface area (Å²) in [6.45, 7) is 8.52. The molecule has 0 radical (unpaired) electrons. The first-order valence-electron chi connectivity index (χ1n) is 10.1. The van der Waals surface area contributed by atoms with Crippen molar-refractivity contribution in [3.05, 3.63) is 35.4 Å². The van der Waals surface area contributed by atoms with Gasteiger partial charge in [0, 0.05) is 19.6 Å². The van der Waals surface area contributed by atoms with E-state index in [4.69, 9.17) is 0 Å². The number of rotatable bonds is 4. The Balaban J connectivity index is 1.68. The van der Waals surface area contributed by atoms with Gasteiger partial charge in [-0.15, -0.1) is 0 Å². The Bertz CT molecular complexity index is 655. The van der Waals surface area contributed by atoms with Crippen molar-refractivity contribution in [1.29, 1.82) is 0 Å². The molecule has 6 heteroatoms. The highest BCUT2D eigenvalue weighted by Crippen LogP contribution is 2.28. The van der Waals surface area contributed by atoms with Gasteiger partial charge in [-0.1, -0.05) is 31.2 Å². The third-order valence-electron chi connectivity index (χ3n) is 5.80. The topological polar surface area (TPSA) is 64.7 Å². The Morgan fingerprint density at radius 3 is 2.74 bits per heavy atom. The molecule has 27 heavy (non-hydrogen) atoms. The summed E-state index contributed by atoms with van der Waals surface area (Å²) >= 11 is 0. The van der Waals surface area contributed by atoms with Gasteiger partial charge in [0.2, 0.25) is 5.91 Å². The molecule has 2 N–H and O–H groups in total. The number of nitrogens with one attached hydrogen (secondary N) is 2. The molecule has 6 nitrogen and oxygen atoms in total. The number of carbonyl (C=O) groups excluding carboxylic acids is 2. The quantitative estimate of drug-likeness (QED) is 0.852. The fourth-order valence-corrected chi connectivity index (χ4v) is 4.01. The average Bonchev–Trinajstić information content (AvgIpc) is 2.89. The van der Waals surface area contributed by atoms with E-state index in [0.29, 0.717) is 19.6 Å². The number of benzene rings is 1. The average molecular weight is 373 g/mol. The molecule has 148 valence electrons. The van der Waals surface area contributed by atoms with Crippen LogP contribution in [-0.2, 0) is 4.79 Å². The second-order valence-corrected chi connectivity index (χ2v) is 7.90. The molecule has 2 saturated heterocycles. The largest absolute Gasteiger partial charge is 0.354 e. The molecule has 1 atom stereocenters. The van der Waals surface area contributed by atoms with Crippen molar-refractivity contribution in [2.75, 3.05) is 39.3 Å². The summed E-state index contributed by atoms with van der Waals surface area (Å²) in [7, 11) is 0. The normalized spacial score (nSPS) is 20.7. The van der Waals surface area contributed by atoms with Gasteiger partial charge < -0.3 is 15.5 Å². The third kappa shape index (κ3) is 5.22. The zero-order chi connectivity index (χ0) is 19.2. The molecule has 0 spiro atoms. The summed E-state index contributed by atoms with van der Waals surface area (Å²) < 4.78 is 0. The number of piperidine rings is 1. The van der Waals surface area contributed by atoms with Gasteiger partial charge in [0.1, 0.15) is 6.54 Å². The number of urea groups is 1. The third-order valence-corrected chi connectivity index (χ3v) is 5.80. The minimum atomic E-state index is -0.143. The first-order valence-corrected chi connectivity index (χ1v) is 10.1. The maximum Gasteiger partial charge on any atom is 0.317 e. The Hall–Kier alpha value is -2.08. The summed E-state index contributed by atoms with van der Waals surface area (Å²) in [4.78, 5) is 28.5. The van der Waals surface area contributed by atoms with E-state index < -0.39 is 0 Å². The highest BCUT2D eigenvalue weighted by molar-refractivity contribution is 5.84. The number of carbonyl (C=O) groups is 2. The number of nitrogens with zero attached hydrogens (tertiary/aromatic N) is 2. The molecule has 1 aromatic rings. The SMILES string of the molecule is Cc1ccccc1[C@@H](CNC(=O)N1CCCNC(=O)C1)N1CCC(C)CC1. The highest BCUT2D eigenvalue weighted by atomic mass is 16.2. The van der Waals surface area contributed by atoms with Gasteiger partial charge in [-0.3, -0.25) is 9.69 Å². The van der Waals surface area contributed by atoms with Crippen molar-refractivity contribution < 1.29 is 9.59 Å². The number of likely N-dealkylation sites (tertiary alicyclic amines) is 1. The van der Waals surface area contributed by atoms with Crippen molar-refractivity contribution in [3.8, 4) is 0 Å². The minimum absolute atomic E-state index is 0.0804. The second kappa shape index (κ2) is 9.22. The number of hydrogen-bond acceptors (Lipinski definition) is 3. The molecule has 1 aromatic carbocycles. The van der Waals surface area contributed by atoms with Gasteiger partial charge in [0.05, 0.1) is 6.04 Å². The predicted octanol–water partition coefficient (Wildman–Crippen LogP) is 2.30. The molecule has 0 bridgehead atoms. The van der Waals surface area contributed by atoms with E-state index in [-0.39, 0.29) is 24.5 Å². The lowest BCUT2D eigenvalue weighted by Crippen LogP contribution is -2.47. The van der Waals surface area contributed by atoms with Crippen molar-refractivity contribution in [3.63, 3.8) is 0 Å². The van der Waals surface area contributed by atoms with E-state index >= 15 is 0 Å². The van der Waals surface area contributed by atoms with Crippen LogP contribution in [0.3, 0.4) is 0 Å². The number of aryl methyl sites for hydroxylation is 1. The van der Waals surface area contributed by atoms with Crippen LogP contribution in [0.25, 0.3) is 0 Å². The molecule has 2 fully saturated rings. The zero-order valence-corrected chi connectivity index (χ0v) is 16.5. The molecule has 3 rings (SSSR count). The van der Waals surface area contributed by atoms with Crippen molar-refractivity contribution in [2.45, 2.75) is 39.2 Å². The zero-order valence-electron chi connectivity index (χ0n) is 16.5. The van der Waals surface area contributed by atoms with E-state index in [1.165, 1.54) is 24.0 Å². The molecular weight excluding hydrogens is 340 g/mol. The van der Waals surface area contributed by atoms with Crippen LogP contribution < -0.4 is 10.6 Å². The van der Waals surface area contributed by atoms with E-state index in [9.17, 15) is 9.59 Å². The molecule has 0 saturated carbocycles. The molecule has 2 aliphatic rings. The van der Waals surface area contributed by atoms with Crippen molar-refractivity contribution >= 4 is 11.9 Å². The lowest BCUT2D eigenvalue weighted by molar-refractivity contribution is -0.121. The van der Waals surface area contributed by atoms with Crippen LogP contribution in [0.5, 0.6) is 0 Å². The smallest absolute Gasteiger partial charge is 0.317 e. The molecule has 0 aliphatic carbocycles. The van der Waals surface area contributed by atoms with Gasteiger partial charge in [-0.2, -0.15) is 0 Å². The van der Waals surface area contributed by atoms with Gasteiger partial charge in [-0.05, 0) is 56.3 Å². The highest BCUT2D eigenvalue weighted by Gasteiger charge is 2.27. The molecular formula is C21H32N4O2. The van der Waals surface area contributed by atoms with E-state index in [1.54, 1.807) is 4.90 Å². The van der Waals surface area contributed by atoms with Gasteiger partial charge >= 0.3 is 6.03 Å². The van der Waals surface area contributed by atoms with Crippen LogP contribution in [0.4, 0.5) is 4.79 Å². The number of amides is 3. The van der Waals surface area contributed by atoms with Gasteiger partial charge in [0.15, 0.2) is 0 Å². The van der Waals surface area contributed by atoms with Crippen LogP contribution in [0.1, 0.15) is 43.4 Å². The Kier molecular flexibility index (Phi) is 6.72. The van der Waals surface area contributed by atoms with Crippen LogP contribution in [0.2, 0.25) is 0 Å². The fraction of sp³-hybridized carbons (Fsp3) is 0.619. The van der Waals surface area contributed by atoms with Crippen LogP contribution in [0, 0.1) is 12.8 Å². The van der Waals surface area contributed by atoms with Gasteiger partial charge in [0.25, 0.3) is 0 Å². The monoisotopic (exact) mass is 372 g/mol. The van der Waals surface area contributed by atoms with Crippen LogP contribution >= 0.6 is 0 Å². The van der Waals surface area contributed by atoms with Crippen molar-refractivity contribution in [2.24, 2.45) is 5.92 Å². The molecule has 3 amide bonds. The lowest BCUT2D eigenvalue weighted by Gasteiger charge is -2.38. The first kappa shape index (κ1) is 19.7. The Morgan fingerprint density at radius 2 is 2.00 bits per heavy atom. The van der Waals surface area contributed by atoms with Gasteiger partial charge in [-0.25, -0.2) is 4.79 Å². The standard InChI is InChI=1S/C21H32N4O2/c1-16-8-12-24(13-9-16)19(18-7-4-3-6-17(18)2)14-23-21(27)25-11-5-10-22-20(26)15-25/h3-4,6-7,16,19H,5,8-15H2,1-2H3,(H,22,26)(H,23,27)/t19-/m1/s1. The van der Waals surface area contributed by atoms with E-state index in [1.807, 2.05) is 0 Å². The minimum Gasteiger partial charge on any atom is -0.354 e. The maximum atomic E-state index is 12.7. The van der Waals surface area contributed by atoms with Crippen LogP contribution in [0.15, 0.2) is 24.3 Å². The first-order chi connectivity index (χ1) is 13.0.